The molecule has 3 nitrogen and oxygen atoms in total. The standard InChI is InChI=1S/C13H18N2O/c1-11-8-12(9-14)4-5-13(11)10-15-6-2-3-7-16/h4-5,8,15-16H,2-3,6-7,10H2,1H3. The quantitative estimate of drug-likeness (QED) is 0.715. The lowest BCUT2D eigenvalue weighted by atomic mass is 10.1. The average molecular weight is 218 g/mol. The number of hydrogen-bond donors (Lipinski definition) is 2. The monoisotopic (exact) mass is 218 g/mol. The number of aliphatic hydroxyl groups excluding tert-OH is 1. The topological polar surface area (TPSA) is 56.0 Å². The van der Waals surface area contributed by atoms with E-state index in [-0.39, 0.29) is 6.61 Å². The fourth-order valence-electron chi connectivity index (χ4n) is 1.55. The van der Waals surface area contributed by atoms with Crippen LogP contribution in [0.3, 0.4) is 0 Å². The van der Waals surface area contributed by atoms with Gasteiger partial charge < -0.3 is 10.4 Å². The molecule has 0 spiro atoms. The van der Waals surface area contributed by atoms with Gasteiger partial charge in [-0.3, -0.25) is 0 Å². The number of unbranched alkanes of at least 4 members (excludes halogenated alkanes) is 1. The molecule has 0 saturated heterocycles. The van der Waals surface area contributed by atoms with Crippen molar-refractivity contribution in [1.29, 1.82) is 5.26 Å². The van der Waals surface area contributed by atoms with E-state index in [0.29, 0.717) is 5.56 Å². The van der Waals surface area contributed by atoms with Crippen LogP contribution in [0.1, 0.15) is 29.5 Å². The van der Waals surface area contributed by atoms with Crippen LogP contribution in [0.4, 0.5) is 0 Å². The van der Waals surface area contributed by atoms with Crippen molar-refractivity contribution in [2.24, 2.45) is 0 Å². The number of aryl methyl sites for hydroxylation is 1. The van der Waals surface area contributed by atoms with Crippen LogP contribution >= 0.6 is 0 Å². The molecule has 0 amide bonds. The molecular formula is C13H18N2O. The van der Waals surface area contributed by atoms with Gasteiger partial charge in [0.2, 0.25) is 0 Å². The second-order valence-electron chi connectivity index (χ2n) is 3.86. The molecule has 1 aromatic carbocycles. The molecular weight excluding hydrogens is 200 g/mol. The predicted octanol–water partition coefficient (Wildman–Crippen LogP) is 1.73. The van der Waals surface area contributed by atoms with Crippen molar-refractivity contribution in [2.45, 2.75) is 26.3 Å². The molecule has 86 valence electrons. The van der Waals surface area contributed by atoms with Crippen LogP contribution in [0.25, 0.3) is 0 Å². The highest BCUT2D eigenvalue weighted by Gasteiger charge is 1.99. The fraction of sp³-hybridized carbons (Fsp3) is 0.462. The molecule has 0 heterocycles. The van der Waals surface area contributed by atoms with Gasteiger partial charge in [-0.1, -0.05) is 6.07 Å². The van der Waals surface area contributed by atoms with Crippen LogP contribution < -0.4 is 5.32 Å². The van der Waals surface area contributed by atoms with Crippen molar-refractivity contribution in [2.75, 3.05) is 13.2 Å². The first-order valence-electron chi connectivity index (χ1n) is 5.59. The zero-order valence-corrected chi connectivity index (χ0v) is 9.66. The van der Waals surface area contributed by atoms with Gasteiger partial charge in [0.1, 0.15) is 0 Å². The van der Waals surface area contributed by atoms with Crippen molar-refractivity contribution in [1.82, 2.24) is 5.32 Å². The maximum atomic E-state index is 8.74. The molecule has 16 heavy (non-hydrogen) atoms. The van der Waals surface area contributed by atoms with E-state index in [1.54, 1.807) is 0 Å². The largest absolute Gasteiger partial charge is 0.396 e. The van der Waals surface area contributed by atoms with E-state index in [1.165, 1.54) is 5.56 Å². The summed E-state index contributed by atoms with van der Waals surface area (Å²) in [6.45, 7) is 4.02. The highest BCUT2D eigenvalue weighted by molar-refractivity contribution is 5.37. The van der Waals surface area contributed by atoms with Gasteiger partial charge >= 0.3 is 0 Å². The van der Waals surface area contributed by atoms with Gasteiger partial charge in [-0.15, -0.1) is 0 Å². The van der Waals surface area contributed by atoms with Gasteiger partial charge in [0, 0.05) is 13.2 Å². The van der Waals surface area contributed by atoms with Crippen molar-refractivity contribution < 1.29 is 5.11 Å². The van der Waals surface area contributed by atoms with E-state index in [0.717, 1.165) is 31.5 Å². The third-order valence-electron chi connectivity index (χ3n) is 2.55. The third kappa shape index (κ3) is 4.01. The first-order valence-corrected chi connectivity index (χ1v) is 5.59. The van der Waals surface area contributed by atoms with Gasteiger partial charge in [0.25, 0.3) is 0 Å². The highest BCUT2D eigenvalue weighted by atomic mass is 16.2. The van der Waals surface area contributed by atoms with E-state index < -0.39 is 0 Å². The molecule has 0 aliphatic rings. The van der Waals surface area contributed by atoms with Crippen LogP contribution in [0.5, 0.6) is 0 Å². The summed E-state index contributed by atoms with van der Waals surface area (Å²) in [7, 11) is 0. The Balaban J connectivity index is 2.40. The SMILES string of the molecule is Cc1cc(C#N)ccc1CNCCCCO. The molecule has 0 bridgehead atoms. The van der Waals surface area contributed by atoms with Crippen molar-refractivity contribution in [3.8, 4) is 6.07 Å². The number of aliphatic hydroxyl groups is 1. The third-order valence-corrected chi connectivity index (χ3v) is 2.55. The van der Waals surface area contributed by atoms with Gasteiger partial charge in [-0.25, -0.2) is 0 Å². The smallest absolute Gasteiger partial charge is 0.0991 e. The fourth-order valence-corrected chi connectivity index (χ4v) is 1.55. The molecule has 0 aromatic heterocycles. The van der Waals surface area contributed by atoms with E-state index in [9.17, 15) is 0 Å². The molecule has 2 N–H and O–H groups in total. The number of hydrogen-bond acceptors (Lipinski definition) is 3. The Morgan fingerprint density at radius 3 is 2.81 bits per heavy atom. The van der Waals surface area contributed by atoms with E-state index in [1.807, 2.05) is 25.1 Å². The van der Waals surface area contributed by atoms with E-state index in [2.05, 4.69) is 11.4 Å². The Kier molecular flexibility index (Phi) is 5.55. The molecule has 0 unspecified atom stereocenters. The van der Waals surface area contributed by atoms with Crippen LogP contribution in [0.15, 0.2) is 18.2 Å². The average Bonchev–Trinajstić information content (AvgIpc) is 2.30. The number of rotatable bonds is 6. The maximum absolute atomic E-state index is 8.74. The molecule has 0 saturated carbocycles. The highest BCUT2D eigenvalue weighted by Crippen LogP contribution is 2.10. The van der Waals surface area contributed by atoms with Gasteiger partial charge in [0.05, 0.1) is 11.6 Å². The molecule has 0 radical (unpaired) electrons. The van der Waals surface area contributed by atoms with Gasteiger partial charge in [-0.05, 0) is 49.6 Å². The molecule has 1 aromatic rings. The lowest BCUT2D eigenvalue weighted by Crippen LogP contribution is -2.15. The zero-order valence-electron chi connectivity index (χ0n) is 9.66. The number of nitriles is 1. The normalized spacial score (nSPS) is 10.1. The van der Waals surface area contributed by atoms with Crippen LogP contribution in [0, 0.1) is 18.3 Å². The minimum absolute atomic E-state index is 0.261. The van der Waals surface area contributed by atoms with Crippen LogP contribution in [-0.2, 0) is 6.54 Å². The Bertz CT molecular complexity index is 369. The summed E-state index contributed by atoms with van der Waals surface area (Å²) in [6, 6.07) is 7.88. The summed E-state index contributed by atoms with van der Waals surface area (Å²) < 4.78 is 0. The Labute approximate surface area is 96.7 Å². The minimum Gasteiger partial charge on any atom is -0.396 e. The Morgan fingerprint density at radius 2 is 2.19 bits per heavy atom. The first-order chi connectivity index (χ1) is 7.77. The first kappa shape index (κ1) is 12.7. The lowest BCUT2D eigenvalue weighted by Gasteiger charge is -2.07. The Hall–Kier alpha value is -1.37. The summed E-state index contributed by atoms with van der Waals surface area (Å²) in [5.41, 5.74) is 3.08. The molecule has 3 heteroatoms. The number of nitrogens with zero attached hydrogens (tertiary/aromatic N) is 1. The predicted molar refractivity (Wildman–Crippen MR) is 63.9 cm³/mol. The number of nitrogens with one attached hydrogen (secondary N) is 1. The molecule has 0 aliphatic carbocycles. The van der Waals surface area contributed by atoms with Gasteiger partial charge in [0.15, 0.2) is 0 Å². The van der Waals surface area contributed by atoms with Crippen LogP contribution in [0.2, 0.25) is 0 Å². The maximum Gasteiger partial charge on any atom is 0.0991 e. The lowest BCUT2D eigenvalue weighted by molar-refractivity contribution is 0.283. The second kappa shape index (κ2) is 7.00. The van der Waals surface area contributed by atoms with Crippen molar-refractivity contribution >= 4 is 0 Å². The molecule has 1 rings (SSSR count). The Morgan fingerprint density at radius 1 is 1.38 bits per heavy atom. The van der Waals surface area contributed by atoms with E-state index >= 15 is 0 Å². The van der Waals surface area contributed by atoms with Gasteiger partial charge in [-0.2, -0.15) is 5.26 Å². The summed E-state index contributed by atoms with van der Waals surface area (Å²) in [4.78, 5) is 0. The minimum atomic E-state index is 0.261. The summed E-state index contributed by atoms with van der Waals surface area (Å²) in [6.07, 6.45) is 1.84. The molecule has 0 aliphatic heterocycles. The van der Waals surface area contributed by atoms with Crippen molar-refractivity contribution in [3.05, 3.63) is 34.9 Å². The summed E-state index contributed by atoms with van der Waals surface area (Å²) >= 11 is 0. The van der Waals surface area contributed by atoms with Crippen molar-refractivity contribution in [3.63, 3.8) is 0 Å². The zero-order chi connectivity index (χ0) is 11.8. The molecule has 0 fully saturated rings. The second-order valence-corrected chi connectivity index (χ2v) is 3.86. The summed E-state index contributed by atoms with van der Waals surface area (Å²) in [5.74, 6) is 0. The van der Waals surface area contributed by atoms with E-state index in [4.69, 9.17) is 10.4 Å². The van der Waals surface area contributed by atoms with Crippen LogP contribution in [-0.4, -0.2) is 18.3 Å². The number of benzene rings is 1. The molecule has 0 atom stereocenters. The summed E-state index contributed by atoms with van der Waals surface area (Å²) in [5, 5.41) is 20.7.